The highest BCUT2D eigenvalue weighted by molar-refractivity contribution is 6.31. The van der Waals surface area contributed by atoms with E-state index in [9.17, 15) is 19.2 Å². The zero-order chi connectivity index (χ0) is 32.1. The monoisotopic (exact) mass is 634 g/mol. The molecule has 236 valence electrons. The fourth-order valence-corrected chi connectivity index (χ4v) is 5.23. The van der Waals surface area contributed by atoms with Crippen LogP contribution < -0.4 is 21.3 Å². The molecule has 4 aromatic rings. The molecule has 0 bridgehead atoms. The minimum Gasteiger partial charge on any atom is -0.379 e. The van der Waals surface area contributed by atoms with Crippen molar-refractivity contribution in [3.63, 3.8) is 0 Å². The number of hydrogen-bond acceptors (Lipinski definition) is 6. The average Bonchev–Trinajstić information content (AvgIpc) is 3.68. The second-order valence-corrected chi connectivity index (χ2v) is 11.2. The predicted molar refractivity (Wildman–Crippen MR) is 171 cm³/mol. The van der Waals surface area contributed by atoms with Crippen molar-refractivity contribution in [3.8, 4) is 0 Å². The van der Waals surface area contributed by atoms with E-state index in [1.165, 1.54) is 0 Å². The standard InChI is InChI=1S/C31H35ClN8O5/c1-37-18-23(14-25(37)29(42)33-7-8-40-9-11-45-12-10-40)35-31(44)27-16-24(19-39(27)3)36-30(43)26-15-22(17-38(26)2)34-28(41)20-5-4-6-21(32)13-20/h4-6,13-19H,7-12H2,1-3H3,(H,33,42)(H,34,41)(H,35,44)(H,36,43). The van der Waals surface area contributed by atoms with Crippen molar-refractivity contribution in [2.45, 2.75) is 0 Å². The summed E-state index contributed by atoms with van der Waals surface area (Å²) in [5.41, 5.74) is 2.71. The third-order valence-corrected chi connectivity index (χ3v) is 7.63. The van der Waals surface area contributed by atoms with Crippen LogP contribution in [0.25, 0.3) is 0 Å². The van der Waals surface area contributed by atoms with Gasteiger partial charge >= 0.3 is 0 Å². The molecule has 4 amide bonds. The minimum atomic E-state index is -0.425. The van der Waals surface area contributed by atoms with E-state index in [0.29, 0.717) is 64.5 Å². The molecular weight excluding hydrogens is 600 g/mol. The molecule has 45 heavy (non-hydrogen) atoms. The van der Waals surface area contributed by atoms with Crippen molar-refractivity contribution in [1.82, 2.24) is 23.9 Å². The van der Waals surface area contributed by atoms with E-state index in [1.54, 1.807) is 95.9 Å². The fraction of sp³-hybridized carbons (Fsp3) is 0.290. The maximum Gasteiger partial charge on any atom is 0.272 e. The van der Waals surface area contributed by atoms with Crippen LogP contribution in [-0.2, 0) is 25.9 Å². The molecule has 1 saturated heterocycles. The zero-order valence-electron chi connectivity index (χ0n) is 25.2. The number of hydrogen-bond donors (Lipinski definition) is 4. The number of aryl methyl sites for hydroxylation is 3. The van der Waals surface area contributed by atoms with Crippen LogP contribution in [0.3, 0.4) is 0 Å². The Labute approximate surface area is 265 Å². The number of morpholine rings is 1. The fourth-order valence-electron chi connectivity index (χ4n) is 5.04. The second-order valence-electron chi connectivity index (χ2n) is 10.8. The summed E-state index contributed by atoms with van der Waals surface area (Å²) in [6, 6.07) is 11.3. The minimum absolute atomic E-state index is 0.233. The summed E-state index contributed by atoms with van der Waals surface area (Å²) in [6.07, 6.45) is 4.91. The van der Waals surface area contributed by atoms with Crippen LogP contribution in [0.15, 0.2) is 61.1 Å². The molecule has 4 N–H and O–H groups in total. The Morgan fingerprint density at radius 3 is 1.71 bits per heavy atom. The van der Waals surface area contributed by atoms with Crippen molar-refractivity contribution < 1.29 is 23.9 Å². The number of nitrogens with zero attached hydrogens (tertiary/aromatic N) is 4. The Kier molecular flexibility index (Phi) is 9.71. The molecule has 0 atom stereocenters. The van der Waals surface area contributed by atoms with Gasteiger partial charge in [0.15, 0.2) is 0 Å². The molecule has 3 aromatic heterocycles. The zero-order valence-corrected chi connectivity index (χ0v) is 26.0. The SMILES string of the molecule is Cn1cc(NC(=O)c2cc(NC(=O)c3cc(NC(=O)c4cccc(Cl)c4)cn3C)cn2C)cc1C(=O)NCCN1CCOCC1. The van der Waals surface area contributed by atoms with Crippen LogP contribution in [0, 0.1) is 0 Å². The first kappa shape index (κ1) is 31.6. The number of ether oxygens (including phenoxy) is 1. The summed E-state index contributed by atoms with van der Waals surface area (Å²) in [5.74, 6) is -1.43. The molecule has 13 nitrogen and oxygen atoms in total. The van der Waals surface area contributed by atoms with E-state index in [-0.39, 0.29) is 11.8 Å². The summed E-state index contributed by atoms with van der Waals surface area (Å²) < 4.78 is 10.2. The Morgan fingerprint density at radius 1 is 0.711 bits per heavy atom. The number of nitrogens with one attached hydrogen (secondary N) is 4. The summed E-state index contributed by atoms with van der Waals surface area (Å²) in [7, 11) is 5.11. The van der Waals surface area contributed by atoms with Crippen molar-refractivity contribution in [2.24, 2.45) is 21.1 Å². The number of rotatable bonds is 10. The van der Waals surface area contributed by atoms with Crippen molar-refractivity contribution >= 4 is 52.3 Å². The van der Waals surface area contributed by atoms with Gasteiger partial charge in [-0.25, -0.2) is 0 Å². The van der Waals surface area contributed by atoms with Gasteiger partial charge < -0.3 is 39.7 Å². The number of benzene rings is 1. The third-order valence-electron chi connectivity index (χ3n) is 7.39. The summed E-state index contributed by atoms with van der Waals surface area (Å²) in [4.78, 5) is 53.8. The van der Waals surface area contributed by atoms with Crippen LogP contribution in [0.1, 0.15) is 41.8 Å². The van der Waals surface area contributed by atoms with E-state index in [4.69, 9.17) is 16.3 Å². The second kappa shape index (κ2) is 13.8. The van der Waals surface area contributed by atoms with Gasteiger partial charge in [0.25, 0.3) is 23.6 Å². The molecule has 1 aliphatic heterocycles. The average molecular weight is 635 g/mol. The lowest BCUT2D eigenvalue weighted by Crippen LogP contribution is -2.41. The first-order valence-electron chi connectivity index (χ1n) is 14.3. The third kappa shape index (κ3) is 7.81. The lowest BCUT2D eigenvalue weighted by atomic mass is 10.2. The van der Waals surface area contributed by atoms with Gasteiger partial charge in [-0.05, 0) is 36.4 Å². The molecule has 0 saturated carbocycles. The van der Waals surface area contributed by atoms with Crippen molar-refractivity contribution in [1.29, 1.82) is 0 Å². The molecule has 1 aromatic carbocycles. The highest BCUT2D eigenvalue weighted by Gasteiger charge is 2.19. The maximum atomic E-state index is 13.1. The molecule has 1 fully saturated rings. The normalized spacial score (nSPS) is 13.3. The van der Waals surface area contributed by atoms with Crippen LogP contribution >= 0.6 is 11.6 Å². The number of carbonyl (C=O) groups is 4. The number of anilines is 3. The number of carbonyl (C=O) groups excluding carboxylic acids is 4. The topological polar surface area (TPSA) is 144 Å². The molecule has 5 rings (SSSR count). The Hall–Kier alpha value is -4.85. The maximum absolute atomic E-state index is 13.1. The quantitative estimate of drug-likeness (QED) is 0.211. The van der Waals surface area contributed by atoms with Gasteiger partial charge in [-0.2, -0.15) is 0 Å². The van der Waals surface area contributed by atoms with Gasteiger partial charge in [0.2, 0.25) is 0 Å². The van der Waals surface area contributed by atoms with Crippen molar-refractivity contribution in [2.75, 3.05) is 55.3 Å². The molecular formula is C31H35ClN8O5. The Morgan fingerprint density at radius 2 is 1.20 bits per heavy atom. The Bertz CT molecular complexity index is 1730. The number of amides is 4. The molecule has 0 unspecified atom stereocenters. The van der Waals surface area contributed by atoms with Gasteiger partial charge in [0.1, 0.15) is 17.1 Å². The van der Waals surface area contributed by atoms with Gasteiger partial charge in [0, 0.05) is 76.5 Å². The summed E-state index contributed by atoms with van der Waals surface area (Å²) >= 11 is 5.98. The van der Waals surface area contributed by atoms with Crippen LogP contribution in [0.2, 0.25) is 5.02 Å². The summed E-state index contributed by atoms with van der Waals surface area (Å²) in [6.45, 7) is 4.33. The molecule has 0 radical (unpaired) electrons. The van der Waals surface area contributed by atoms with E-state index in [0.717, 1.165) is 19.6 Å². The largest absolute Gasteiger partial charge is 0.379 e. The number of aromatic nitrogens is 3. The van der Waals surface area contributed by atoms with Crippen molar-refractivity contribution in [3.05, 3.63) is 88.7 Å². The van der Waals surface area contributed by atoms with E-state index in [1.807, 2.05) is 0 Å². The molecule has 4 heterocycles. The molecule has 0 spiro atoms. The van der Waals surface area contributed by atoms with Crippen LogP contribution in [-0.4, -0.2) is 81.6 Å². The van der Waals surface area contributed by atoms with E-state index < -0.39 is 11.8 Å². The van der Waals surface area contributed by atoms with E-state index >= 15 is 0 Å². The number of halogens is 1. The van der Waals surface area contributed by atoms with Gasteiger partial charge in [0.05, 0.1) is 30.3 Å². The lowest BCUT2D eigenvalue weighted by Gasteiger charge is -2.26. The highest BCUT2D eigenvalue weighted by atomic mass is 35.5. The molecule has 1 aliphatic rings. The van der Waals surface area contributed by atoms with Gasteiger partial charge in [-0.3, -0.25) is 24.1 Å². The van der Waals surface area contributed by atoms with Gasteiger partial charge in [-0.1, -0.05) is 17.7 Å². The predicted octanol–water partition coefficient (Wildman–Crippen LogP) is 3.17. The van der Waals surface area contributed by atoms with Crippen LogP contribution in [0.4, 0.5) is 17.1 Å². The highest BCUT2D eigenvalue weighted by Crippen LogP contribution is 2.20. The first-order valence-corrected chi connectivity index (χ1v) is 14.7. The molecule has 14 heteroatoms. The van der Waals surface area contributed by atoms with Crippen LogP contribution in [0.5, 0.6) is 0 Å². The van der Waals surface area contributed by atoms with E-state index in [2.05, 4.69) is 26.2 Å². The smallest absolute Gasteiger partial charge is 0.272 e. The summed E-state index contributed by atoms with van der Waals surface area (Å²) in [5, 5.41) is 11.8. The van der Waals surface area contributed by atoms with Gasteiger partial charge in [-0.15, -0.1) is 0 Å². The Balaban J connectivity index is 1.17. The molecule has 0 aliphatic carbocycles. The first-order chi connectivity index (χ1) is 21.6. The lowest BCUT2D eigenvalue weighted by molar-refractivity contribution is 0.0383.